The molecule has 32 heavy (non-hydrogen) atoms. The van der Waals surface area contributed by atoms with Crippen LogP contribution in [0.3, 0.4) is 0 Å². The van der Waals surface area contributed by atoms with Gasteiger partial charge in [-0.05, 0) is 30.3 Å². The van der Waals surface area contributed by atoms with Crippen LogP contribution in [0.4, 0.5) is 23.0 Å². The first kappa shape index (κ1) is 22.0. The van der Waals surface area contributed by atoms with Gasteiger partial charge in [-0.1, -0.05) is 0 Å². The van der Waals surface area contributed by atoms with Crippen molar-refractivity contribution in [2.24, 2.45) is 0 Å². The molecule has 1 amide bonds. The average Bonchev–Trinajstić information content (AvgIpc) is 2.83. The highest BCUT2D eigenvalue weighted by atomic mass is 16.5. The van der Waals surface area contributed by atoms with Crippen LogP contribution in [0.25, 0.3) is 0 Å². The summed E-state index contributed by atoms with van der Waals surface area (Å²) < 4.78 is 9.44. The van der Waals surface area contributed by atoms with Crippen LogP contribution in [0, 0.1) is 0 Å². The lowest BCUT2D eigenvalue weighted by atomic mass is 10.1. The van der Waals surface area contributed by atoms with Crippen molar-refractivity contribution in [1.82, 2.24) is 20.4 Å². The molecule has 0 unspecified atom stereocenters. The molecular weight excluding hydrogens is 418 g/mol. The second-order valence-corrected chi connectivity index (χ2v) is 6.21. The number of nitrogens with zero attached hydrogens (tertiary/aromatic N) is 3. The van der Waals surface area contributed by atoms with Crippen LogP contribution in [-0.4, -0.2) is 47.0 Å². The van der Waals surface area contributed by atoms with Crippen molar-refractivity contribution in [1.29, 1.82) is 0 Å². The first-order valence-electron chi connectivity index (χ1n) is 9.08. The van der Waals surface area contributed by atoms with E-state index in [1.165, 1.54) is 44.9 Å². The molecule has 164 valence electrons. The summed E-state index contributed by atoms with van der Waals surface area (Å²) in [6.07, 6.45) is 4.16. The van der Waals surface area contributed by atoms with Crippen LogP contribution in [-0.2, 0) is 9.47 Å². The lowest BCUT2D eigenvalue weighted by molar-refractivity contribution is 0.0599. The van der Waals surface area contributed by atoms with Gasteiger partial charge in [0.15, 0.2) is 11.6 Å². The van der Waals surface area contributed by atoms with Gasteiger partial charge in [-0.2, -0.15) is 0 Å². The SMILES string of the molecule is COC(=O)c1cc(Nc2ncnc(NNC(=O)c3cccnc3)c2N)cc(C(=O)OC)c1. The number of hydrazine groups is 1. The Hall–Kier alpha value is -4.74. The molecule has 0 atom stereocenters. The molecule has 1 aromatic carbocycles. The van der Waals surface area contributed by atoms with Crippen molar-refractivity contribution in [2.45, 2.75) is 0 Å². The first-order chi connectivity index (χ1) is 15.4. The molecule has 0 aliphatic carbocycles. The van der Waals surface area contributed by atoms with Gasteiger partial charge >= 0.3 is 11.9 Å². The number of hydrogen-bond acceptors (Lipinski definition) is 11. The Morgan fingerprint density at radius 2 is 1.59 bits per heavy atom. The Bertz CT molecular complexity index is 1120. The normalized spacial score (nSPS) is 10.1. The largest absolute Gasteiger partial charge is 0.465 e. The van der Waals surface area contributed by atoms with Gasteiger partial charge < -0.3 is 20.5 Å². The Morgan fingerprint density at radius 3 is 2.19 bits per heavy atom. The molecule has 0 fully saturated rings. The van der Waals surface area contributed by atoms with E-state index in [2.05, 4.69) is 31.1 Å². The molecule has 0 bridgehead atoms. The Kier molecular flexibility index (Phi) is 6.75. The van der Waals surface area contributed by atoms with E-state index in [0.717, 1.165) is 0 Å². The van der Waals surface area contributed by atoms with Crippen LogP contribution >= 0.6 is 0 Å². The molecule has 0 radical (unpaired) electrons. The number of aromatic nitrogens is 3. The monoisotopic (exact) mass is 437 g/mol. The van der Waals surface area contributed by atoms with Crippen molar-refractivity contribution >= 4 is 40.9 Å². The minimum absolute atomic E-state index is 0.0714. The first-order valence-corrected chi connectivity index (χ1v) is 9.08. The summed E-state index contributed by atoms with van der Waals surface area (Å²) in [5.74, 6) is -1.45. The Labute approximate surface area is 182 Å². The number of methoxy groups -OCH3 is 2. The standard InChI is InChI=1S/C20H19N7O5/c1-31-19(29)12-6-13(20(30)32-2)8-14(7-12)25-16-15(21)17(24-10-23-16)26-27-18(28)11-4-3-5-22-9-11/h3-10H,21H2,1-2H3,(H,27,28)(H2,23,24,25,26). The highest BCUT2D eigenvalue weighted by Gasteiger charge is 2.16. The van der Waals surface area contributed by atoms with E-state index >= 15 is 0 Å². The fourth-order valence-electron chi connectivity index (χ4n) is 2.59. The molecule has 12 nitrogen and oxygen atoms in total. The average molecular weight is 437 g/mol. The van der Waals surface area contributed by atoms with Crippen LogP contribution < -0.4 is 21.9 Å². The maximum atomic E-state index is 12.2. The number of carbonyl (C=O) groups is 3. The fourth-order valence-corrected chi connectivity index (χ4v) is 2.59. The minimum atomic E-state index is -0.644. The predicted octanol–water partition coefficient (Wildman–Crippen LogP) is 1.53. The molecule has 0 saturated heterocycles. The van der Waals surface area contributed by atoms with Gasteiger partial charge in [0, 0.05) is 18.1 Å². The van der Waals surface area contributed by atoms with E-state index in [1.807, 2.05) is 0 Å². The molecule has 3 aromatic rings. The molecule has 0 aliphatic heterocycles. The maximum absolute atomic E-state index is 12.2. The second kappa shape index (κ2) is 9.84. The Balaban J connectivity index is 1.83. The van der Waals surface area contributed by atoms with Crippen LogP contribution in [0.5, 0.6) is 0 Å². The van der Waals surface area contributed by atoms with Gasteiger partial charge in [0.25, 0.3) is 5.91 Å². The molecule has 0 saturated carbocycles. The van der Waals surface area contributed by atoms with Crippen molar-refractivity contribution in [3.63, 3.8) is 0 Å². The number of pyridine rings is 1. The molecule has 0 aliphatic rings. The summed E-state index contributed by atoms with van der Waals surface area (Å²) >= 11 is 0. The third kappa shape index (κ3) is 5.05. The number of nitrogens with one attached hydrogen (secondary N) is 3. The van der Waals surface area contributed by atoms with E-state index in [4.69, 9.17) is 15.2 Å². The van der Waals surface area contributed by atoms with E-state index in [-0.39, 0.29) is 28.5 Å². The highest BCUT2D eigenvalue weighted by Crippen LogP contribution is 2.27. The number of amides is 1. The summed E-state index contributed by atoms with van der Waals surface area (Å²) in [6.45, 7) is 0. The molecular formula is C20H19N7O5. The number of rotatable bonds is 7. The number of ether oxygens (including phenoxy) is 2. The van der Waals surface area contributed by atoms with Crippen LogP contribution in [0.2, 0.25) is 0 Å². The molecule has 5 N–H and O–H groups in total. The van der Waals surface area contributed by atoms with Gasteiger partial charge in [0.1, 0.15) is 12.0 Å². The lowest BCUT2D eigenvalue weighted by Gasteiger charge is -2.14. The van der Waals surface area contributed by atoms with Gasteiger partial charge in [0.2, 0.25) is 0 Å². The van der Waals surface area contributed by atoms with Crippen molar-refractivity contribution in [3.05, 3.63) is 65.7 Å². The smallest absolute Gasteiger partial charge is 0.337 e. The van der Waals surface area contributed by atoms with Crippen molar-refractivity contribution in [2.75, 3.05) is 30.7 Å². The van der Waals surface area contributed by atoms with Crippen LogP contribution in [0.1, 0.15) is 31.1 Å². The number of esters is 2. The Morgan fingerprint density at radius 1 is 0.938 bits per heavy atom. The number of hydrogen-bond donors (Lipinski definition) is 4. The summed E-state index contributed by atoms with van der Waals surface area (Å²) in [6, 6.07) is 7.47. The predicted molar refractivity (Wildman–Crippen MR) is 114 cm³/mol. The van der Waals surface area contributed by atoms with Crippen molar-refractivity contribution < 1.29 is 23.9 Å². The van der Waals surface area contributed by atoms with Gasteiger partial charge in [-0.15, -0.1) is 0 Å². The minimum Gasteiger partial charge on any atom is -0.465 e. The van der Waals surface area contributed by atoms with Gasteiger partial charge in [0.05, 0.1) is 30.9 Å². The topological polar surface area (TPSA) is 170 Å². The third-order valence-corrected chi connectivity index (χ3v) is 4.14. The molecule has 2 aromatic heterocycles. The summed E-state index contributed by atoms with van der Waals surface area (Å²) in [4.78, 5) is 48.0. The summed E-state index contributed by atoms with van der Waals surface area (Å²) in [7, 11) is 2.45. The van der Waals surface area contributed by atoms with E-state index < -0.39 is 17.8 Å². The number of carbonyl (C=O) groups excluding carboxylic acids is 3. The quantitative estimate of drug-likeness (QED) is 0.312. The van der Waals surface area contributed by atoms with Crippen molar-refractivity contribution in [3.8, 4) is 0 Å². The molecule has 0 spiro atoms. The molecule has 3 rings (SSSR count). The number of anilines is 4. The van der Waals surface area contributed by atoms with Gasteiger partial charge in [-0.3, -0.25) is 20.6 Å². The third-order valence-electron chi connectivity index (χ3n) is 4.14. The zero-order valence-electron chi connectivity index (χ0n) is 17.1. The van der Waals surface area contributed by atoms with E-state index in [9.17, 15) is 14.4 Å². The van der Waals surface area contributed by atoms with Crippen LogP contribution in [0.15, 0.2) is 49.1 Å². The maximum Gasteiger partial charge on any atom is 0.337 e. The second-order valence-electron chi connectivity index (χ2n) is 6.21. The van der Waals surface area contributed by atoms with E-state index in [1.54, 1.807) is 18.3 Å². The summed E-state index contributed by atoms with van der Waals surface area (Å²) in [5, 5.41) is 2.92. The zero-order valence-corrected chi connectivity index (χ0v) is 17.1. The molecule has 2 heterocycles. The zero-order chi connectivity index (χ0) is 23.1. The number of benzene rings is 1. The number of nitrogens with two attached hydrogens (primary N) is 1. The fraction of sp³-hybridized carbons (Fsp3) is 0.100. The van der Waals surface area contributed by atoms with Gasteiger partial charge in [-0.25, -0.2) is 19.6 Å². The number of nitrogen functional groups attached to an aromatic ring is 1. The highest BCUT2D eigenvalue weighted by molar-refractivity contribution is 5.97. The lowest BCUT2D eigenvalue weighted by Crippen LogP contribution is -2.30. The molecule has 12 heteroatoms. The summed E-state index contributed by atoms with van der Waals surface area (Å²) in [5.41, 5.74) is 12.2. The van der Waals surface area contributed by atoms with E-state index in [0.29, 0.717) is 11.3 Å².